The fraction of sp³-hybridized carbons (Fsp3) is 0.200. The second kappa shape index (κ2) is 4.42. The van der Waals surface area contributed by atoms with Gasteiger partial charge in [0.15, 0.2) is 0 Å². The number of ether oxygens (including phenoxy) is 1. The zero-order valence-electron chi connectivity index (χ0n) is 9.40. The second-order valence-electron chi connectivity index (χ2n) is 4.34. The van der Waals surface area contributed by atoms with Crippen LogP contribution in [-0.4, -0.2) is 6.61 Å². The Labute approximate surface area is 106 Å². The molecule has 0 saturated heterocycles. The number of hydrogen-bond donors (Lipinski definition) is 0. The minimum Gasteiger partial charge on any atom is -0.491 e. The van der Waals surface area contributed by atoms with E-state index in [1.165, 1.54) is 11.1 Å². The van der Waals surface area contributed by atoms with Gasteiger partial charge in [-0.15, -0.1) is 0 Å². The van der Waals surface area contributed by atoms with Crippen LogP contribution in [0, 0.1) is 0 Å². The third-order valence-corrected chi connectivity index (χ3v) is 3.55. The van der Waals surface area contributed by atoms with Gasteiger partial charge in [0.2, 0.25) is 0 Å². The molecule has 2 heteroatoms. The first kappa shape index (κ1) is 10.7. The molecule has 86 valence electrons. The Balaban J connectivity index is 1.66. The van der Waals surface area contributed by atoms with Gasteiger partial charge in [0.05, 0.1) is 11.6 Å². The van der Waals surface area contributed by atoms with Crippen LogP contribution >= 0.6 is 11.6 Å². The average molecular weight is 245 g/mol. The largest absolute Gasteiger partial charge is 0.491 e. The van der Waals surface area contributed by atoms with Crippen LogP contribution in [0.3, 0.4) is 0 Å². The van der Waals surface area contributed by atoms with Crippen LogP contribution in [0.4, 0.5) is 0 Å². The lowest BCUT2D eigenvalue weighted by molar-refractivity contribution is 0.275. The van der Waals surface area contributed by atoms with E-state index in [9.17, 15) is 0 Å². The minimum atomic E-state index is 0.516. The van der Waals surface area contributed by atoms with Crippen molar-refractivity contribution in [3.8, 4) is 5.75 Å². The van der Waals surface area contributed by atoms with Crippen LogP contribution in [-0.2, 0) is 6.42 Å². The smallest absolute Gasteiger partial charge is 0.137 e. The summed E-state index contributed by atoms with van der Waals surface area (Å²) < 4.78 is 5.77. The number of fused-ring (bicyclic) bond motifs is 1. The van der Waals surface area contributed by atoms with Crippen LogP contribution in [0.1, 0.15) is 17.0 Å². The zero-order chi connectivity index (χ0) is 11.7. The van der Waals surface area contributed by atoms with Gasteiger partial charge in [-0.2, -0.15) is 0 Å². The third-order valence-electron chi connectivity index (χ3n) is 3.24. The number of para-hydroxylation sites is 1. The van der Waals surface area contributed by atoms with E-state index in [1.807, 2.05) is 24.3 Å². The van der Waals surface area contributed by atoms with Crippen molar-refractivity contribution in [2.45, 2.75) is 12.3 Å². The molecule has 2 aromatic carbocycles. The summed E-state index contributed by atoms with van der Waals surface area (Å²) in [5.41, 5.74) is 2.86. The van der Waals surface area contributed by atoms with Crippen molar-refractivity contribution in [2.75, 3.05) is 6.61 Å². The molecule has 0 saturated carbocycles. The highest BCUT2D eigenvalue weighted by Crippen LogP contribution is 2.35. The number of benzene rings is 2. The van der Waals surface area contributed by atoms with Crippen LogP contribution in [0.2, 0.25) is 5.02 Å². The highest BCUT2D eigenvalue weighted by atomic mass is 35.5. The molecular weight excluding hydrogens is 232 g/mol. The Kier molecular flexibility index (Phi) is 2.77. The Hall–Kier alpha value is -1.47. The predicted octanol–water partition coefficient (Wildman–Crippen LogP) is 4.06. The van der Waals surface area contributed by atoms with Gasteiger partial charge in [-0.05, 0) is 29.7 Å². The van der Waals surface area contributed by atoms with E-state index < -0.39 is 0 Å². The topological polar surface area (TPSA) is 9.23 Å². The molecule has 2 aromatic rings. The summed E-state index contributed by atoms with van der Waals surface area (Å²) >= 11 is 6.04. The molecule has 0 bridgehead atoms. The molecule has 1 unspecified atom stereocenters. The Morgan fingerprint density at radius 3 is 2.65 bits per heavy atom. The maximum Gasteiger partial charge on any atom is 0.137 e. The van der Waals surface area contributed by atoms with Gasteiger partial charge in [0.1, 0.15) is 5.75 Å². The molecule has 0 N–H and O–H groups in total. The van der Waals surface area contributed by atoms with Gasteiger partial charge in [-0.25, -0.2) is 0 Å². The summed E-state index contributed by atoms with van der Waals surface area (Å²) in [7, 11) is 0. The van der Waals surface area contributed by atoms with E-state index in [0.717, 1.165) is 12.2 Å². The normalized spacial score (nSPS) is 17.1. The van der Waals surface area contributed by atoms with Gasteiger partial charge in [0.25, 0.3) is 0 Å². The standard InChI is InChI=1S/C15H13ClO/c16-14-7-3-4-8-15(14)17-10-12-9-11-5-1-2-6-13(11)12/h1-8,12H,9-10H2. The molecule has 17 heavy (non-hydrogen) atoms. The molecule has 0 aromatic heterocycles. The molecule has 1 atom stereocenters. The zero-order valence-corrected chi connectivity index (χ0v) is 10.2. The van der Waals surface area contributed by atoms with Crippen molar-refractivity contribution in [1.82, 2.24) is 0 Å². The summed E-state index contributed by atoms with van der Waals surface area (Å²) in [6.45, 7) is 0.709. The van der Waals surface area contributed by atoms with Crippen molar-refractivity contribution in [3.63, 3.8) is 0 Å². The summed E-state index contributed by atoms with van der Waals surface area (Å²) in [5, 5.41) is 0.681. The molecule has 1 aliphatic rings. The van der Waals surface area contributed by atoms with Crippen molar-refractivity contribution < 1.29 is 4.74 Å². The van der Waals surface area contributed by atoms with Gasteiger partial charge < -0.3 is 4.74 Å². The van der Waals surface area contributed by atoms with E-state index in [0.29, 0.717) is 17.5 Å². The highest BCUT2D eigenvalue weighted by Gasteiger charge is 2.25. The highest BCUT2D eigenvalue weighted by molar-refractivity contribution is 6.32. The van der Waals surface area contributed by atoms with Crippen molar-refractivity contribution in [3.05, 3.63) is 64.7 Å². The lowest BCUT2D eigenvalue weighted by atomic mass is 9.78. The van der Waals surface area contributed by atoms with E-state index in [1.54, 1.807) is 0 Å². The molecule has 0 spiro atoms. The quantitative estimate of drug-likeness (QED) is 0.791. The third kappa shape index (κ3) is 2.03. The molecule has 0 heterocycles. The number of halogens is 1. The van der Waals surface area contributed by atoms with Crippen molar-refractivity contribution in [2.24, 2.45) is 0 Å². The summed E-state index contributed by atoms with van der Waals surface area (Å²) in [6.07, 6.45) is 1.11. The fourth-order valence-electron chi connectivity index (χ4n) is 2.26. The SMILES string of the molecule is Clc1ccccc1OCC1Cc2ccccc21. The van der Waals surface area contributed by atoms with E-state index >= 15 is 0 Å². The second-order valence-corrected chi connectivity index (χ2v) is 4.75. The molecule has 0 radical (unpaired) electrons. The van der Waals surface area contributed by atoms with Gasteiger partial charge in [-0.3, -0.25) is 0 Å². The van der Waals surface area contributed by atoms with Crippen LogP contribution in [0.25, 0.3) is 0 Å². The van der Waals surface area contributed by atoms with E-state index in [-0.39, 0.29) is 0 Å². The summed E-state index contributed by atoms with van der Waals surface area (Å²) in [5.74, 6) is 1.29. The first-order chi connectivity index (χ1) is 8.34. The first-order valence-corrected chi connectivity index (χ1v) is 6.17. The van der Waals surface area contributed by atoms with Crippen LogP contribution in [0.5, 0.6) is 5.75 Å². The van der Waals surface area contributed by atoms with Gasteiger partial charge in [-0.1, -0.05) is 48.0 Å². The Bertz CT molecular complexity index is 536. The predicted molar refractivity (Wildman–Crippen MR) is 69.8 cm³/mol. The van der Waals surface area contributed by atoms with Crippen LogP contribution in [0.15, 0.2) is 48.5 Å². The maximum atomic E-state index is 6.04. The molecule has 3 rings (SSSR count). The molecule has 1 nitrogen and oxygen atoms in total. The van der Waals surface area contributed by atoms with Crippen molar-refractivity contribution >= 4 is 11.6 Å². The Morgan fingerprint density at radius 1 is 1.06 bits per heavy atom. The van der Waals surface area contributed by atoms with E-state index in [2.05, 4.69) is 24.3 Å². The summed E-state index contributed by atoms with van der Waals surface area (Å²) in [4.78, 5) is 0. The lowest BCUT2D eigenvalue weighted by Gasteiger charge is -2.29. The van der Waals surface area contributed by atoms with Gasteiger partial charge >= 0.3 is 0 Å². The monoisotopic (exact) mass is 244 g/mol. The van der Waals surface area contributed by atoms with Crippen molar-refractivity contribution in [1.29, 1.82) is 0 Å². The first-order valence-electron chi connectivity index (χ1n) is 5.80. The minimum absolute atomic E-state index is 0.516. The number of rotatable bonds is 3. The summed E-state index contributed by atoms with van der Waals surface area (Å²) in [6, 6.07) is 16.1. The molecule has 0 amide bonds. The molecular formula is C15H13ClO. The molecule has 0 aliphatic heterocycles. The van der Waals surface area contributed by atoms with Gasteiger partial charge in [0, 0.05) is 5.92 Å². The average Bonchev–Trinajstić information content (AvgIpc) is 2.32. The fourth-order valence-corrected chi connectivity index (χ4v) is 2.45. The molecule has 0 fully saturated rings. The Morgan fingerprint density at radius 2 is 1.82 bits per heavy atom. The van der Waals surface area contributed by atoms with E-state index in [4.69, 9.17) is 16.3 Å². The van der Waals surface area contributed by atoms with Crippen LogP contribution < -0.4 is 4.74 Å². The lowest BCUT2D eigenvalue weighted by Crippen LogP contribution is -2.23. The number of hydrogen-bond acceptors (Lipinski definition) is 1. The maximum absolute atomic E-state index is 6.04. The molecule has 1 aliphatic carbocycles.